The van der Waals surface area contributed by atoms with E-state index >= 15 is 0 Å². The van der Waals surface area contributed by atoms with E-state index in [1.165, 1.54) is 5.56 Å². The largest absolute Gasteiger partial charge is 0.380 e. The van der Waals surface area contributed by atoms with Gasteiger partial charge in [0.15, 0.2) is 5.82 Å². The molecule has 0 aliphatic rings. The van der Waals surface area contributed by atoms with Gasteiger partial charge in [-0.15, -0.1) is 0 Å². The number of aromatic amines is 1. The molecule has 0 aromatic carbocycles. The number of rotatable bonds is 0. The number of nitrogens with two attached hydrogens (primary N) is 1. The second kappa shape index (κ2) is 2.70. The molecule has 0 aliphatic heterocycles. The molecule has 2 rings (SSSR count). The van der Waals surface area contributed by atoms with E-state index in [-0.39, 0.29) is 5.41 Å². The lowest BCUT2D eigenvalue weighted by molar-refractivity contribution is 0.588. The number of hydrogen-bond acceptors (Lipinski definition) is 3. The van der Waals surface area contributed by atoms with Gasteiger partial charge in [0, 0.05) is 6.20 Å². The SMILES string of the molecule is CC(C)(C)c1cnc2c(N)n[nH]c2c1. The minimum absolute atomic E-state index is 0.0983. The van der Waals surface area contributed by atoms with Crippen molar-refractivity contribution in [2.75, 3.05) is 5.73 Å². The zero-order valence-electron chi connectivity index (χ0n) is 8.63. The Bertz CT molecular complexity index is 464. The van der Waals surface area contributed by atoms with Gasteiger partial charge in [-0.2, -0.15) is 5.10 Å². The fraction of sp³-hybridized carbons (Fsp3) is 0.400. The predicted octanol–water partition coefficient (Wildman–Crippen LogP) is 1.84. The number of nitrogens with zero attached hydrogens (tertiary/aromatic N) is 2. The third-order valence-electron chi connectivity index (χ3n) is 2.29. The maximum atomic E-state index is 5.63. The van der Waals surface area contributed by atoms with Crippen LogP contribution in [0.15, 0.2) is 12.3 Å². The molecule has 0 amide bonds. The van der Waals surface area contributed by atoms with Crippen molar-refractivity contribution in [2.24, 2.45) is 0 Å². The first-order valence-corrected chi connectivity index (χ1v) is 4.58. The van der Waals surface area contributed by atoms with Gasteiger partial charge in [0.2, 0.25) is 0 Å². The molecule has 0 bridgehead atoms. The summed E-state index contributed by atoms with van der Waals surface area (Å²) in [5.41, 5.74) is 8.55. The summed E-state index contributed by atoms with van der Waals surface area (Å²) in [4.78, 5) is 4.29. The molecule has 4 heteroatoms. The van der Waals surface area contributed by atoms with Crippen molar-refractivity contribution in [3.8, 4) is 0 Å². The number of anilines is 1. The monoisotopic (exact) mass is 190 g/mol. The third-order valence-corrected chi connectivity index (χ3v) is 2.29. The molecular formula is C10H14N4. The van der Waals surface area contributed by atoms with E-state index < -0.39 is 0 Å². The highest BCUT2D eigenvalue weighted by molar-refractivity contribution is 5.84. The molecule has 2 heterocycles. The molecule has 0 fully saturated rings. The maximum Gasteiger partial charge on any atom is 0.171 e. The highest BCUT2D eigenvalue weighted by atomic mass is 15.2. The van der Waals surface area contributed by atoms with Crippen molar-refractivity contribution in [2.45, 2.75) is 26.2 Å². The molecule has 0 atom stereocenters. The van der Waals surface area contributed by atoms with Crippen molar-refractivity contribution in [3.63, 3.8) is 0 Å². The van der Waals surface area contributed by atoms with Crippen LogP contribution in [-0.4, -0.2) is 15.2 Å². The van der Waals surface area contributed by atoms with Gasteiger partial charge in [-0.3, -0.25) is 10.1 Å². The Balaban J connectivity index is 2.63. The average molecular weight is 190 g/mol. The van der Waals surface area contributed by atoms with E-state index in [1.807, 2.05) is 12.3 Å². The summed E-state index contributed by atoms with van der Waals surface area (Å²) in [5.74, 6) is 0.459. The molecule has 0 saturated carbocycles. The van der Waals surface area contributed by atoms with Gasteiger partial charge < -0.3 is 5.73 Å². The first kappa shape index (κ1) is 8.99. The Hall–Kier alpha value is -1.58. The molecule has 4 nitrogen and oxygen atoms in total. The first-order valence-electron chi connectivity index (χ1n) is 4.58. The minimum atomic E-state index is 0.0983. The summed E-state index contributed by atoms with van der Waals surface area (Å²) in [6.07, 6.45) is 1.86. The number of aromatic nitrogens is 3. The quantitative estimate of drug-likeness (QED) is 0.666. The average Bonchev–Trinajstić information content (AvgIpc) is 2.46. The van der Waals surface area contributed by atoms with E-state index in [0.717, 1.165) is 11.0 Å². The van der Waals surface area contributed by atoms with Crippen LogP contribution in [0.25, 0.3) is 11.0 Å². The Morgan fingerprint density at radius 3 is 2.71 bits per heavy atom. The maximum absolute atomic E-state index is 5.63. The van der Waals surface area contributed by atoms with Crippen LogP contribution in [0.5, 0.6) is 0 Å². The molecule has 3 N–H and O–H groups in total. The lowest BCUT2D eigenvalue weighted by Gasteiger charge is -2.17. The summed E-state index contributed by atoms with van der Waals surface area (Å²) in [5, 5.41) is 6.77. The van der Waals surface area contributed by atoms with Crippen molar-refractivity contribution in [3.05, 3.63) is 17.8 Å². The van der Waals surface area contributed by atoms with Gasteiger partial charge >= 0.3 is 0 Å². The number of H-pyrrole nitrogens is 1. The highest BCUT2D eigenvalue weighted by Gasteiger charge is 2.15. The van der Waals surface area contributed by atoms with Crippen molar-refractivity contribution in [1.29, 1.82) is 0 Å². The molecule has 0 spiro atoms. The van der Waals surface area contributed by atoms with Gasteiger partial charge in [-0.25, -0.2) is 0 Å². The fourth-order valence-electron chi connectivity index (χ4n) is 1.34. The van der Waals surface area contributed by atoms with E-state index in [9.17, 15) is 0 Å². The molecule has 0 saturated heterocycles. The fourth-order valence-corrected chi connectivity index (χ4v) is 1.34. The van der Waals surface area contributed by atoms with Crippen LogP contribution in [-0.2, 0) is 5.41 Å². The van der Waals surface area contributed by atoms with Gasteiger partial charge in [-0.1, -0.05) is 20.8 Å². The van der Waals surface area contributed by atoms with Crippen LogP contribution in [0.4, 0.5) is 5.82 Å². The molecule has 2 aromatic rings. The number of nitrogen functional groups attached to an aromatic ring is 1. The Morgan fingerprint density at radius 1 is 1.36 bits per heavy atom. The normalized spacial score (nSPS) is 12.2. The lowest BCUT2D eigenvalue weighted by atomic mass is 9.88. The standard InChI is InChI=1S/C10H14N4/c1-10(2,3)6-4-7-8(12-5-6)9(11)14-13-7/h4-5H,1-3H3,(H3,11,13,14). The Kier molecular flexibility index (Phi) is 1.74. The number of hydrogen-bond donors (Lipinski definition) is 2. The van der Waals surface area contributed by atoms with E-state index in [1.54, 1.807) is 0 Å². The minimum Gasteiger partial charge on any atom is -0.380 e. The van der Waals surface area contributed by atoms with E-state index in [0.29, 0.717) is 5.82 Å². The van der Waals surface area contributed by atoms with Gasteiger partial charge in [0.25, 0.3) is 0 Å². The summed E-state index contributed by atoms with van der Waals surface area (Å²) in [7, 11) is 0. The van der Waals surface area contributed by atoms with Gasteiger partial charge in [-0.05, 0) is 17.0 Å². The number of nitrogens with one attached hydrogen (secondary N) is 1. The van der Waals surface area contributed by atoms with Crippen LogP contribution in [0.1, 0.15) is 26.3 Å². The van der Waals surface area contributed by atoms with Crippen LogP contribution >= 0.6 is 0 Å². The van der Waals surface area contributed by atoms with Crippen molar-refractivity contribution in [1.82, 2.24) is 15.2 Å². The summed E-state index contributed by atoms with van der Waals surface area (Å²) < 4.78 is 0. The van der Waals surface area contributed by atoms with Crippen LogP contribution in [0.2, 0.25) is 0 Å². The Morgan fingerprint density at radius 2 is 2.07 bits per heavy atom. The predicted molar refractivity (Wildman–Crippen MR) is 57.0 cm³/mol. The molecular weight excluding hydrogens is 176 g/mol. The van der Waals surface area contributed by atoms with Crippen LogP contribution < -0.4 is 5.73 Å². The summed E-state index contributed by atoms with van der Waals surface area (Å²) in [6, 6.07) is 2.05. The number of fused-ring (bicyclic) bond motifs is 1. The smallest absolute Gasteiger partial charge is 0.171 e. The molecule has 2 aromatic heterocycles. The topological polar surface area (TPSA) is 67.6 Å². The summed E-state index contributed by atoms with van der Waals surface area (Å²) >= 11 is 0. The van der Waals surface area contributed by atoms with Crippen molar-refractivity contribution < 1.29 is 0 Å². The first-order chi connectivity index (χ1) is 6.48. The third kappa shape index (κ3) is 1.32. The molecule has 0 aliphatic carbocycles. The lowest BCUT2D eigenvalue weighted by Crippen LogP contribution is -2.11. The number of pyridine rings is 1. The second-order valence-corrected chi connectivity index (χ2v) is 4.48. The molecule has 0 unspecified atom stereocenters. The molecule has 14 heavy (non-hydrogen) atoms. The van der Waals surface area contributed by atoms with Gasteiger partial charge in [0.05, 0.1) is 5.52 Å². The van der Waals surface area contributed by atoms with E-state index in [4.69, 9.17) is 5.73 Å². The van der Waals surface area contributed by atoms with Crippen LogP contribution in [0, 0.1) is 0 Å². The summed E-state index contributed by atoms with van der Waals surface area (Å²) in [6.45, 7) is 6.45. The zero-order valence-corrected chi connectivity index (χ0v) is 8.63. The van der Waals surface area contributed by atoms with E-state index in [2.05, 4.69) is 36.0 Å². The zero-order chi connectivity index (χ0) is 10.3. The van der Waals surface area contributed by atoms with Gasteiger partial charge in [0.1, 0.15) is 5.52 Å². The second-order valence-electron chi connectivity index (χ2n) is 4.48. The molecule has 0 radical (unpaired) electrons. The van der Waals surface area contributed by atoms with Crippen LogP contribution in [0.3, 0.4) is 0 Å². The highest BCUT2D eigenvalue weighted by Crippen LogP contribution is 2.24. The Labute approximate surface area is 82.5 Å². The van der Waals surface area contributed by atoms with Crippen molar-refractivity contribution >= 4 is 16.9 Å². The molecule has 74 valence electrons.